The number of rotatable bonds is 2. The van der Waals surface area contributed by atoms with Crippen LogP contribution in [0.1, 0.15) is 17.3 Å². The minimum Gasteiger partial charge on any atom is -0.368 e. The molecular weight excluding hydrogens is 424 g/mol. The van der Waals surface area contributed by atoms with Crippen LogP contribution in [0.25, 0.3) is 5.70 Å². The van der Waals surface area contributed by atoms with Crippen LogP contribution >= 0.6 is 15.9 Å². The van der Waals surface area contributed by atoms with Crippen molar-refractivity contribution in [3.05, 3.63) is 46.2 Å². The molecule has 1 aromatic carbocycles. The lowest BCUT2D eigenvalue weighted by Crippen LogP contribution is -2.47. The van der Waals surface area contributed by atoms with Crippen LogP contribution < -0.4 is 5.32 Å². The highest BCUT2D eigenvalue weighted by Gasteiger charge is 2.32. The van der Waals surface area contributed by atoms with Crippen molar-refractivity contribution < 1.29 is 18.3 Å². The Hall–Kier alpha value is -2.33. The Morgan fingerprint density at radius 1 is 1.41 bits per heavy atom. The summed E-state index contributed by atoms with van der Waals surface area (Å²) in [7, 11) is 0. The fraction of sp³-hybridized carbons (Fsp3) is 0.353. The average Bonchev–Trinajstić information content (AvgIpc) is 3.12. The van der Waals surface area contributed by atoms with Gasteiger partial charge in [0.1, 0.15) is 12.4 Å². The number of nitrogens with one attached hydrogen (secondary N) is 1. The Morgan fingerprint density at radius 2 is 2.22 bits per heavy atom. The van der Waals surface area contributed by atoms with Crippen molar-refractivity contribution in [2.45, 2.75) is 19.1 Å². The number of nitrogens with zero attached hydrogens (tertiary/aromatic N) is 4. The minimum absolute atomic E-state index is 0.0357. The van der Waals surface area contributed by atoms with Crippen LogP contribution in [0.5, 0.6) is 0 Å². The van der Waals surface area contributed by atoms with Crippen molar-refractivity contribution in [2.24, 2.45) is 0 Å². The van der Waals surface area contributed by atoms with Crippen LogP contribution in [0.3, 0.4) is 0 Å². The van der Waals surface area contributed by atoms with E-state index >= 15 is 0 Å². The zero-order valence-corrected chi connectivity index (χ0v) is 15.9. The Kier molecular flexibility index (Phi) is 4.68. The molecule has 0 spiro atoms. The first-order chi connectivity index (χ1) is 12.9. The van der Waals surface area contributed by atoms with Crippen LogP contribution in [-0.4, -0.2) is 57.4 Å². The number of fused-ring (bicyclic) bond motifs is 1. The molecule has 7 nitrogen and oxygen atoms in total. The van der Waals surface area contributed by atoms with E-state index in [1.807, 2.05) is 13.0 Å². The fourth-order valence-corrected chi connectivity index (χ4v) is 3.65. The van der Waals surface area contributed by atoms with E-state index in [9.17, 15) is 13.6 Å². The maximum absolute atomic E-state index is 13.7. The molecular formula is C17H16BrF2N5O2. The van der Waals surface area contributed by atoms with E-state index in [1.54, 1.807) is 9.58 Å². The summed E-state index contributed by atoms with van der Waals surface area (Å²) >= 11 is 2.94. The molecule has 142 valence electrons. The summed E-state index contributed by atoms with van der Waals surface area (Å²) in [4.78, 5) is 18.5. The lowest BCUT2D eigenvalue weighted by molar-refractivity contribution is 0.00203. The van der Waals surface area contributed by atoms with Crippen molar-refractivity contribution in [3.63, 3.8) is 0 Å². The molecule has 2 atom stereocenters. The Balaban J connectivity index is 1.58. The van der Waals surface area contributed by atoms with Gasteiger partial charge in [-0.1, -0.05) is 0 Å². The first-order valence-electron chi connectivity index (χ1n) is 8.38. The van der Waals surface area contributed by atoms with Gasteiger partial charge in [0.25, 0.3) is 5.91 Å². The van der Waals surface area contributed by atoms with Crippen LogP contribution in [0.2, 0.25) is 0 Å². The highest BCUT2D eigenvalue weighted by molar-refractivity contribution is 9.10. The molecule has 1 saturated heterocycles. The molecule has 27 heavy (non-hydrogen) atoms. The summed E-state index contributed by atoms with van der Waals surface area (Å²) in [5.74, 6) is -1.86. The lowest BCUT2D eigenvalue weighted by atomic mass is 10.1. The standard InChI is InChI=1S/C17H16BrF2N5O2/c1-9-4-13(25-17(23-9)21-8-22-25)14-7-24(2-3-27-14)16(26)10-5-11(18)15(20)12(19)6-10/h4-6,8-9,14H,2-3,7H2,1H3,(H,21,22,23)/t9?,14-/m0/s1. The van der Waals surface area contributed by atoms with Crippen molar-refractivity contribution in [3.8, 4) is 0 Å². The number of carbonyl (C=O) groups excluding carboxylic acids is 1. The third kappa shape index (κ3) is 3.34. The van der Waals surface area contributed by atoms with Gasteiger partial charge in [-0.3, -0.25) is 4.79 Å². The van der Waals surface area contributed by atoms with Crippen molar-refractivity contribution in [1.82, 2.24) is 19.7 Å². The lowest BCUT2D eigenvalue weighted by Gasteiger charge is -2.35. The zero-order valence-electron chi connectivity index (χ0n) is 14.3. The average molecular weight is 440 g/mol. The molecule has 10 heteroatoms. The summed E-state index contributed by atoms with van der Waals surface area (Å²) in [5, 5.41) is 7.38. The summed E-state index contributed by atoms with van der Waals surface area (Å²) < 4.78 is 34.6. The smallest absolute Gasteiger partial charge is 0.254 e. The van der Waals surface area contributed by atoms with Gasteiger partial charge in [-0.25, -0.2) is 13.5 Å². The van der Waals surface area contributed by atoms with Gasteiger partial charge in [0.2, 0.25) is 5.95 Å². The van der Waals surface area contributed by atoms with E-state index in [4.69, 9.17) is 4.74 Å². The van der Waals surface area contributed by atoms with Crippen LogP contribution in [-0.2, 0) is 4.74 Å². The van der Waals surface area contributed by atoms with Crippen molar-refractivity contribution in [2.75, 3.05) is 25.0 Å². The zero-order chi connectivity index (χ0) is 19.1. The molecule has 0 saturated carbocycles. The van der Waals surface area contributed by atoms with E-state index in [1.165, 1.54) is 12.4 Å². The van der Waals surface area contributed by atoms with Gasteiger partial charge in [0.05, 0.1) is 23.3 Å². The van der Waals surface area contributed by atoms with Crippen LogP contribution in [0.15, 0.2) is 29.0 Å². The quantitative estimate of drug-likeness (QED) is 0.727. The highest BCUT2D eigenvalue weighted by atomic mass is 79.9. The number of aromatic nitrogens is 3. The number of amides is 1. The molecule has 1 amide bonds. The van der Waals surface area contributed by atoms with E-state index in [-0.39, 0.29) is 28.5 Å². The van der Waals surface area contributed by atoms with E-state index in [0.717, 1.165) is 11.8 Å². The van der Waals surface area contributed by atoms with E-state index in [2.05, 4.69) is 31.3 Å². The number of anilines is 1. The van der Waals surface area contributed by atoms with Gasteiger partial charge in [-0.2, -0.15) is 10.1 Å². The number of carbonyl (C=O) groups is 1. The topological polar surface area (TPSA) is 72.3 Å². The number of ether oxygens (including phenoxy) is 1. The highest BCUT2D eigenvalue weighted by Crippen LogP contribution is 2.27. The third-order valence-corrected chi connectivity index (χ3v) is 5.06. The Labute approximate surface area is 162 Å². The van der Waals surface area contributed by atoms with Gasteiger partial charge in [-0.05, 0) is 41.1 Å². The Morgan fingerprint density at radius 3 is 3.00 bits per heavy atom. The molecule has 1 unspecified atom stereocenters. The molecule has 1 fully saturated rings. The van der Waals surface area contributed by atoms with Crippen LogP contribution in [0, 0.1) is 11.6 Å². The number of halogens is 3. The van der Waals surface area contributed by atoms with Gasteiger partial charge in [0, 0.05) is 18.2 Å². The molecule has 3 heterocycles. The molecule has 2 aromatic rings. The molecule has 2 aliphatic rings. The number of hydrogen-bond donors (Lipinski definition) is 1. The second-order valence-corrected chi connectivity index (χ2v) is 7.24. The van der Waals surface area contributed by atoms with Gasteiger partial charge in [0.15, 0.2) is 11.6 Å². The first-order valence-corrected chi connectivity index (χ1v) is 9.17. The molecule has 0 aliphatic carbocycles. The number of benzene rings is 1. The normalized spacial score (nSPS) is 22.1. The third-order valence-electron chi connectivity index (χ3n) is 4.48. The fourth-order valence-electron chi connectivity index (χ4n) is 3.22. The molecule has 1 aromatic heterocycles. The summed E-state index contributed by atoms with van der Waals surface area (Å²) in [6, 6.07) is 2.23. The molecule has 1 N–H and O–H groups in total. The maximum Gasteiger partial charge on any atom is 0.254 e. The van der Waals surface area contributed by atoms with Crippen molar-refractivity contribution >= 4 is 33.5 Å². The predicted molar refractivity (Wildman–Crippen MR) is 97.1 cm³/mol. The van der Waals surface area contributed by atoms with Crippen LogP contribution in [0.4, 0.5) is 14.7 Å². The summed E-state index contributed by atoms with van der Waals surface area (Å²) in [6.07, 6.45) is 3.01. The van der Waals surface area contributed by atoms with Crippen molar-refractivity contribution in [1.29, 1.82) is 0 Å². The van der Waals surface area contributed by atoms with Gasteiger partial charge >= 0.3 is 0 Å². The monoisotopic (exact) mass is 439 g/mol. The number of hydrogen-bond acceptors (Lipinski definition) is 5. The second kappa shape index (κ2) is 7.01. The molecule has 2 aliphatic heterocycles. The molecule has 0 radical (unpaired) electrons. The van der Waals surface area contributed by atoms with E-state index in [0.29, 0.717) is 19.1 Å². The summed E-state index contributed by atoms with van der Waals surface area (Å²) in [6.45, 7) is 2.93. The first kappa shape index (κ1) is 18.1. The maximum atomic E-state index is 13.7. The number of morpholine rings is 1. The minimum atomic E-state index is -1.07. The van der Waals surface area contributed by atoms with Gasteiger partial charge in [-0.15, -0.1) is 0 Å². The summed E-state index contributed by atoms with van der Waals surface area (Å²) in [5.41, 5.74) is 0.869. The SMILES string of the molecule is CC1C=C([C@@H]2CN(C(=O)c3cc(F)c(F)c(Br)c3)CCO2)n2ncnc2N1. The molecule has 0 bridgehead atoms. The Bertz CT molecular complexity index is 909. The molecule has 4 rings (SSSR count). The van der Waals surface area contributed by atoms with Gasteiger partial charge < -0.3 is 15.0 Å². The largest absolute Gasteiger partial charge is 0.368 e. The second-order valence-electron chi connectivity index (χ2n) is 6.38. The predicted octanol–water partition coefficient (Wildman–Crippen LogP) is 2.51. The van der Waals surface area contributed by atoms with E-state index < -0.39 is 17.7 Å².